The molecule has 1 saturated heterocycles. The highest BCUT2D eigenvalue weighted by atomic mass is 32.2. The van der Waals surface area contributed by atoms with Crippen LogP contribution in [0.15, 0.2) is 29.2 Å². The Hall–Kier alpha value is -1.29. The van der Waals surface area contributed by atoms with Crippen molar-refractivity contribution in [2.45, 2.75) is 67.9 Å². The van der Waals surface area contributed by atoms with Crippen molar-refractivity contribution in [3.8, 4) is 0 Å². The third-order valence-corrected chi connectivity index (χ3v) is 5.83. The summed E-state index contributed by atoms with van der Waals surface area (Å²) in [6.45, 7) is 0. The molecule has 1 aromatic carbocycles. The van der Waals surface area contributed by atoms with Gasteiger partial charge in [-0.3, -0.25) is 14.5 Å². The number of hydrogen-bond donors (Lipinski definition) is 0. The zero-order chi connectivity index (χ0) is 15.4. The highest BCUT2D eigenvalue weighted by molar-refractivity contribution is 8.00. The summed E-state index contributed by atoms with van der Waals surface area (Å²) < 4.78 is 0. The minimum Gasteiger partial charge on any atom is -0.274 e. The van der Waals surface area contributed by atoms with Gasteiger partial charge >= 0.3 is 0 Å². The summed E-state index contributed by atoms with van der Waals surface area (Å²) in [5.41, 5.74) is 0.727. The lowest BCUT2D eigenvalue weighted by molar-refractivity contribution is -0.125. The summed E-state index contributed by atoms with van der Waals surface area (Å²) in [4.78, 5) is 26.9. The van der Waals surface area contributed by atoms with Crippen LogP contribution in [0.3, 0.4) is 0 Å². The number of nitrogens with zero attached hydrogens (tertiary/aromatic N) is 1. The van der Waals surface area contributed by atoms with Gasteiger partial charge in [0.2, 0.25) is 11.8 Å². The van der Waals surface area contributed by atoms with E-state index in [1.807, 2.05) is 23.9 Å². The number of hydrogen-bond acceptors (Lipinski definition) is 3. The van der Waals surface area contributed by atoms with Crippen LogP contribution in [0.25, 0.3) is 0 Å². The van der Waals surface area contributed by atoms with Gasteiger partial charge in [0, 0.05) is 23.0 Å². The molecule has 0 N–H and O–H groups in total. The first-order valence-corrected chi connectivity index (χ1v) is 9.24. The molecule has 1 aromatic rings. The van der Waals surface area contributed by atoms with Crippen molar-refractivity contribution in [1.82, 2.24) is 0 Å². The van der Waals surface area contributed by atoms with Crippen molar-refractivity contribution in [3.63, 3.8) is 0 Å². The number of carbonyl (C=O) groups is 2. The third kappa shape index (κ3) is 3.72. The molecule has 0 radical (unpaired) electrons. The summed E-state index contributed by atoms with van der Waals surface area (Å²) in [7, 11) is 0. The van der Waals surface area contributed by atoms with Gasteiger partial charge in [0.05, 0.1) is 5.69 Å². The number of thioether (sulfide) groups is 1. The van der Waals surface area contributed by atoms with Crippen LogP contribution < -0.4 is 4.90 Å². The van der Waals surface area contributed by atoms with E-state index in [1.54, 1.807) is 0 Å². The lowest BCUT2D eigenvalue weighted by Gasteiger charge is -2.22. The van der Waals surface area contributed by atoms with E-state index in [0.717, 1.165) is 23.8 Å². The maximum Gasteiger partial charge on any atom is 0.233 e. The molecule has 2 fully saturated rings. The van der Waals surface area contributed by atoms with Gasteiger partial charge in [0.15, 0.2) is 0 Å². The molecule has 118 valence electrons. The van der Waals surface area contributed by atoms with Crippen LogP contribution >= 0.6 is 11.8 Å². The van der Waals surface area contributed by atoms with Gasteiger partial charge in [0.1, 0.15) is 0 Å². The summed E-state index contributed by atoms with van der Waals surface area (Å²) in [6.07, 6.45) is 9.24. The van der Waals surface area contributed by atoms with E-state index in [4.69, 9.17) is 0 Å². The Balaban J connectivity index is 1.69. The smallest absolute Gasteiger partial charge is 0.233 e. The number of rotatable bonds is 3. The van der Waals surface area contributed by atoms with Crippen LogP contribution in [-0.2, 0) is 9.59 Å². The fourth-order valence-electron chi connectivity index (χ4n) is 3.25. The Morgan fingerprint density at radius 3 is 2.00 bits per heavy atom. The predicted octanol–water partition coefficient (Wildman–Crippen LogP) is 4.55. The number of amides is 2. The second kappa shape index (κ2) is 7.32. The molecule has 2 aliphatic rings. The van der Waals surface area contributed by atoms with Crippen molar-refractivity contribution in [2.24, 2.45) is 0 Å². The van der Waals surface area contributed by atoms with Crippen LogP contribution in [0.2, 0.25) is 0 Å². The normalized spacial score (nSPS) is 21.0. The van der Waals surface area contributed by atoms with Crippen LogP contribution in [0.1, 0.15) is 57.8 Å². The van der Waals surface area contributed by atoms with Gasteiger partial charge in [-0.05, 0) is 49.9 Å². The van der Waals surface area contributed by atoms with Gasteiger partial charge in [-0.1, -0.05) is 19.3 Å². The van der Waals surface area contributed by atoms with Crippen molar-refractivity contribution in [1.29, 1.82) is 0 Å². The Kier molecular flexibility index (Phi) is 5.19. The zero-order valence-electron chi connectivity index (χ0n) is 12.9. The largest absolute Gasteiger partial charge is 0.274 e. The zero-order valence-corrected chi connectivity index (χ0v) is 13.7. The van der Waals surface area contributed by atoms with Crippen LogP contribution in [0.4, 0.5) is 5.69 Å². The molecule has 22 heavy (non-hydrogen) atoms. The fourth-order valence-corrected chi connectivity index (χ4v) is 4.50. The monoisotopic (exact) mass is 317 g/mol. The lowest BCUT2D eigenvalue weighted by atomic mass is 10.0. The maximum absolute atomic E-state index is 12.1. The van der Waals surface area contributed by atoms with Gasteiger partial charge in [-0.15, -0.1) is 11.8 Å². The molecule has 0 aromatic heterocycles. The highest BCUT2D eigenvalue weighted by Gasteiger charge is 2.25. The molecule has 2 amide bonds. The molecule has 3 rings (SSSR count). The number of carbonyl (C=O) groups excluding carboxylic acids is 2. The summed E-state index contributed by atoms with van der Waals surface area (Å²) in [5.74, 6) is -0.120. The summed E-state index contributed by atoms with van der Waals surface area (Å²) >= 11 is 1.94. The molecule has 0 spiro atoms. The van der Waals surface area contributed by atoms with E-state index in [-0.39, 0.29) is 11.8 Å². The molecule has 0 unspecified atom stereocenters. The van der Waals surface area contributed by atoms with E-state index in [2.05, 4.69) is 12.1 Å². The van der Waals surface area contributed by atoms with Crippen LogP contribution in [-0.4, -0.2) is 17.1 Å². The number of anilines is 1. The number of benzene rings is 1. The predicted molar refractivity (Wildman–Crippen MR) is 90.1 cm³/mol. The maximum atomic E-state index is 12.1. The highest BCUT2D eigenvalue weighted by Crippen LogP contribution is 2.34. The minimum absolute atomic E-state index is 0.0600. The minimum atomic E-state index is -0.0600. The second-order valence-electron chi connectivity index (χ2n) is 6.20. The first-order chi connectivity index (χ1) is 10.7. The summed E-state index contributed by atoms with van der Waals surface area (Å²) in [6, 6.07) is 7.96. The van der Waals surface area contributed by atoms with Crippen LogP contribution in [0.5, 0.6) is 0 Å². The number of imide groups is 1. The standard InChI is InChI=1S/C18H23NO2S/c20-17-8-4-5-9-18(21)19(17)14-10-12-16(13-11-14)22-15-6-2-1-3-7-15/h10-13,15H,1-9H2. The fraction of sp³-hybridized carbons (Fsp3) is 0.556. The van der Waals surface area contributed by atoms with Gasteiger partial charge in [-0.2, -0.15) is 0 Å². The average Bonchev–Trinajstić information content (AvgIpc) is 2.70. The molecular weight excluding hydrogens is 294 g/mol. The Bertz CT molecular complexity index is 517. The van der Waals surface area contributed by atoms with E-state index in [0.29, 0.717) is 12.8 Å². The molecule has 3 nitrogen and oxygen atoms in total. The molecule has 0 atom stereocenters. The molecule has 1 aliphatic carbocycles. The molecule has 0 bridgehead atoms. The third-order valence-electron chi connectivity index (χ3n) is 4.48. The van der Waals surface area contributed by atoms with Gasteiger partial charge < -0.3 is 0 Å². The molecule has 1 heterocycles. The molecule has 4 heteroatoms. The van der Waals surface area contributed by atoms with Gasteiger partial charge in [-0.25, -0.2) is 0 Å². The first kappa shape index (κ1) is 15.6. The van der Waals surface area contributed by atoms with E-state index >= 15 is 0 Å². The quantitative estimate of drug-likeness (QED) is 0.768. The molecule has 1 saturated carbocycles. The van der Waals surface area contributed by atoms with Gasteiger partial charge in [0.25, 0.3) is 0 Å². The molecular formula is C18H23NO2S. The van der Waals surface area contributed by atoms with E-state index in [9.17, 15) is 9.59 Å². The lowest BCUT2D eigenvalue weighted by Crippen LogP contribution is -2.34. The second-order valence-corrected chi connectivity index (χ2v) is 7.58. The Morgan fingerprint density at radius 2 is 1.41 bits per heavy atom. The average molecular weight is 317 g/mol. The van der Waals surface area contributed by atoms with E-state index < -0.39 is 0 Å². The Morgan fingerprint density at radius 1 is 0.818 bits per heavy atom. The van der Waals surface area contributed by atoms with Crippen molar-refractivity contribution in [2.75, 3.05) is 4.90 Å². The summed E-state index contributed by atoms with van der Waals surface area (Å²) in [5, 5.41) is 0.723. The van der Waals surface area contributed by atoms with E-state index in [1.165, 1.54) is 41.9 Å². The SMILES string of the molecule is O=C1CCCCC(=O)N1c1ccc(SC2CCCCC2)cc1. The van der Waals surface area contributed by atoms with Crippen molar-refractivity contribution >= 4 is 29.3 Å². The van der Waals surface area contributed by atoms with Crippen molar-refractivity contribution < 1.29 is 9.59 Å². The Labute approximate surface area is 136 Å². The molecule has 1 aliphatic heterocycles. The topological polar surface area (TPSA) is 37.4 Å². The van der Waals surface area contributed by atoms with Crippen molar-refractivity contribution in [3.05, 3.63) is 24.3 Å². The van der Waals surface area contributed by atoms with Crippen LogP contribution in [0, 0.1) is 0 Å². The first-order valence-electron chi connectivity index (χ1n) is 8.36.